The normalized spacial score (nSPS) is 11.3. The standard InChI is InChI=1S/C18H20ClNOS/c1-18(2,3)13-4-8-15(9-5-13)20-17(21)12-22-16-10-6-14(19)7-11-16/h4-11H,12H2,1-3H3,(H,20,21). The molecule has 0 unspecified atom stereocenters. The molecule has 2 rings (SSSR count). The highest BCUT2D eigenvalue weighted by molar-refractivity contribution is 8.00. The lowest BCUT2D eigenvalue weighted by atomic mass is 9.87. The number of anilines is 1. The van der Waals surface area contributed by atoms with E-state index in [1.165, 1.54) is 17.3 Å². The molecule has 0 heterocycles. The number of benzene rings is 2. The molecule has 4 heteroatoms. The minimum atomic E-state index is -0.0107. The van der Waals surface area contributed by atoms with Crippen molar-refractivity contribution in [3.63, 3.8) is 0 Å². The van der Waals surface area contributed by atoms with Gasteiger partial charge in [-0.1, -0.05) is 44.5 Å². The zero-order valence-corrected chi connectivity index (χ0v) is 14.6. The van der Waals surface area contributed by atoms with E-state index in [0.29, 0.717) is 10.8 Å². The molecule has 1 amide bonds. The Labute approximate surface area is 141 Å². The number of carbonyl (C=O) groups excluding carboxylic acids is 1. The van der Waals surface area contributed by atoms with Crippen LogP contribution in [0.1, 0.15) is 26.3 Å². The SMILES string of the molecule is CC(C)(C)c1ccc(NC(=O)CSc2ccc(Cl)cc2)cc1. The first kappa shape index (κ1) is 16.9. The van der Waals surface area contributed by atoms with Gasteiger partial charge in [0, 0.05) is 15.6 Å². The third-order valence-corrected chi connectivity index (χ3v) is 4.48. The highest BCUT2D eigenvalue weighted by Gasteiger charge is 2.13. The molecule has 0 aromatic heterocycles. The second-order valence-corrected chi connectivity index (χ2v) is 7.60. The molecule has 1 N–H and O–H groups in total. The maximum atomic E-state index is 12.0. The molecule has 116 valence electrons. The molecule has 0 aliphatic carbocycles. The van der Waals surface area contributed by atoms with Crippen LogP contribution in [0.15, 0.2) is 53.4 Å². The fraction of sp³-hybridized carbons (Fsp3) is 0.278. The number of halogens is 1. The molecular formula is C18H20ClNOS. The summed E-state index contributed by atoms with van der Waals surface area (Å²) in [6.07, 6.45) is 0. The fourth-order valence-electron chi connectivity index (χ4n) is 1.93. The Morgan fingerprint density at radius 1 is 1.05 bits per heavy atom. The van der Waals surface area contributed by atoms with Gasteiger partial charge in [0.15, 0.2) is 0 Å². The smallest absolute Gasteiger partial charge is 0.234 e. The largest absolute Gasteiger partial charge is 0.325 e. The summed E-state index contributed by atoms with van der Waals surface area (Å²) < 4.78 is 0. The Morgan fingerprint density at radius 3 is 2.18 bits per heavy atom. The number of hydrogen-bond acceptors (Lipinski definition) is 2. The molecule has 0 atom stereocenters. The second-order valence-electron chi connectivity index (χ2n) is 6.12. The quantitative estimate of drug-likeness (QED) is 0.762. The second kappa shape index (κ2) is 7.21. The highest BCUT2D eigenvalue weighted by atomic mass is 35.5. The monoisotopic (exact) mass is 333 g/mol. The molecule has 2 nitrogen and oxygen atoms in total. The van der Waals surface area contributed by atoms with E-state index < -0.39 is 0 Å². The van der Waals surface area contributed by atoms with Gasteiger partial charge in [-0.2, -0.15) is 0 Å². The van der Waals surface area contributed by atoms with Gasteiger partial charge in [-0.05, 0) is 47.4 Å². The van der Waals surface area contributed by atoms with E-state index in [2.05, 4.69) is 38.2 Å². The van der Waals surface area contributed by atoms with Crippen molar-refractivity contribution in [3.8, 4) is 0 Å². The van der Waals surface area contributed by atoms with Crippen molar-refractivity contribution < 1.29 is 4.79 Å². The molecule has 0 fully saturated rings. The van der Waals surface area contributed by atoms with Crippen LogP contribution in [0.2, 0.25) is 5.02 Å². The minimum Gasteiger partial charge on any atom is -0.325 e. The summed E-state index contributed by atoms with van der Waals surface area (Å²) in [7, 11) is 0. The molecule has 0 aliphatic heterocycles. The summed E-state index contributed by atoms with van der Waals surface area (Å²) in [6, 6.07) is 15.5. The first-order chi connectivity index (χ1) is 10.3. The third kappa shape index (κ3) is 5.08. The van der Waals surface area contributed by atoms with Crippen LogP contribution in [0.5, 0.6) is 0 Å². The maximum absolute atomic E-state index is 12.0. The van der Waals surface area contributed by atoms with Crippen molar-refractivity contribution in [1.82, 2.24) is 0 Å². The zero-order valence-electron chi connectivity index (χ0n) is 13.0. The number of nitrogens with one attached hydrogen (secondary N) is 1. The average Bonchev–Trinajstić information content (AvgIpc) is 2.46. The molecule has 0 saturated carbocycles. The summed E-state index contributed by atoms with van der Waals surface area (Å²) >= 11 is 7.33. The van der Waals surface area contributed by atoms with Crippen molar-refractivity contribution in [2.24, 2.45) is 0 Å². The van der Waals surface area contributed by atoms with E-state index in [4.69, 9.17) is 11.6 Å². The number of carbonyl (C=O) groups is 1. The summed E-state index contributed by atoms with van der Waals surface area (Å²) in [4.78, 5) is 13.0. The summed E-state index contributed by atoms with van der Waals surface area (Å²) in [6.45, 7) is 6.51. The van der Waals surface area contributed by atoms with Crippen molar-refractivity contribution in [2.45, 2.75) is 31.1 Å². The zero-order chi connectivity index (χ0) is 16.2. The van der Waals surface area contributed by atoms with Gasteiger partial charge >= 0.3 is 0 Å². The lowest BCUT2D eigenvalue weighted by Gasteiger charge is -2.19. The van der Waals surface area contributed by atoms with E-state index in [9.17, 15) is 4.79 Å². The van der Waals surface area contributed by atoms with E-state index in [-0.39, 0.29) is 11.3 Å². The summed E-state index contributed by atoms with van der Waals surface area (Å²) in [5, 5.41) is 3.62. The fourth-order valence-corrected chi connectivity index (χ4v) is 2.75. The van der Waals surface area contributed by atoms with Crippen molar-refractivity contribution in [3.05, 3.63) is 59.1 Å². The molecule has 2 aromatic carbocycles. The molecular weight excluding hydrogens is 314 g/mol. The van der Waals surface area contributed by atoms with Crippen LogP contribution in [0, 0.1) is 0 Å². The highest BCUT2D eigenvalue weighted by Crippen LogP contribution is 2.24. The number of thioether (sulfide) groups is 1. The van der Waals surface area contributed by atoms with E-state index in [1.54, 1.807) is 0 Å². The van der Waals surface area contributed by atoms with Crippen LogP contribution >= 0.6 is 23.4 Å². The molecule has 2 aromatic rings. The predicted molar refractivity (Wildman–Crippen MR) is 95.9 cm³/mol. The molecule has 0 radical (unpaired) electrons. The van der Waals surface area contributed by atoms with Crippen LogP contribution in [0.25, 0.3) is 0 Å². The van der Waals surface area contributed by atoms with E-state index >= 15 is 0 Å². The number of hydrogen-bond donors (Lipinski definition) is 1. The average molecular weight is 334 g/mol. The van der Waals surface area contributed by atoms with Gasteiger partial charge in [-0.3, -0.25) is 4.79 Å². The molecule has 22 heavy (non-hydrogen) atoms. The van der Waals surface area contributed by atoms with E-state index in [0.717, 1.165) is 10.6 Å². The van der Waals surface area contributed by atoms with Gasteiger partial charge in [0.1, 0.15) is 0 Å². The van der Waals surface area contributed by atoms with Crippen molar-refractivity contribution >= 4 is 35.0 Å². The van der Waals surface area contributed by atoms with E-state index in [1.807, 2.05) is 36.4 Å². The van der Waals surface area contributed by atoms with Gasteiger partial charge < -0.3 is 5.32 Å². The van der Waals surface area contributed by atoms with Crippen LogP contribution in [0.4, 0.5) is 5.69 Å². The first-order valence-electron chi connectivity index (χ1n) is 7.13. The van der Waals surface area contributed by atoms with Gasteiger partial charge in [-0.15, -0.1) is 11.8 Å². The van der Waals surface area contributed by atoms with Gasteiger partial charge in [0.05, 0.1) is 5.75 Å². The van der Waals surface area contributed by atoms with Gasteiger partial charge in [0.2, 0.25) is 5.91 Å². The first-order valence-corrected chi connectivity index (χ1v) is 8.50. The van der Waals surface area contributed by atoms with Crippen LogP contribution in [-0.4, -0.2) is 11.7 Å². The number of rotatable bonds is 4. The Hall–Kier alpha value is -1.45. The third-order valence-electron chi connectivity index (χ3n) is 3.22. The summed E-state index contributed by atoms with van der Waals surface area (Å²) in [5.41, 5.74) is 2.20. The lowest BCUT2D eigenvalue weighted by Crippen LogP contribution is -2.15. The molecule has 0 saturated heterocycles. The van der Waals surface area contributed by atoms with Gasteiger partial charge in [-0.25, -0.2) is 0 Å². The topological polar surface area (TPSA) is 29.1 Å². The Bertz CT molecular complexity index is 630. The maximum Gasteiger partial charge on any atom is 0.234 e. The Kier molecular flexibility index (Phi) is 5.54. The van der Waals surface area contributed by atoms with Gasteiger partial charge in [0.25, 0.3) is 0 Å². The molecule has 0 spiro atoms. The Morgan fingerprint density at radius 2 is 1.64 bits per heavy atom. The molecule has 0 bridgehead atoms. The van der Waals surface area contributed by atoms with Crippen LogP contribution in [0.3, 0.4) is 0 Å². The number of amides is 1. The summed E-state index contributed by atoms with van der Waals surface area (Å²) in [5.74, 6) is 0.367. The molecule has 0 aliphatic rings. The van der Waals surface area contributed by atoms with Crippen LogP contribution in [-0.2, 0) is 10.2 Å². The minimum absolute atomic E-state index is 0.0107. The van der Waals surface area contributed by atoms with Crippen molar-refractivity contribution in [1.29, 1.82) is 0 Å². The predicted octanol–water partition coefficient (Wildman–Crippen LogP) is 5.37. The lowest BCUT2D eigenvalue weighted by molar-refractivity contribution is -0.113. The van der Waals surface area contributed by atoms with Crippen LogP contribution < -0.4 is 5.32 Å². The Balaban J connectivity index is 1.88. The van der Waals surface area contributed by atoms with Crippen molar-refractivity contribution in [2.75, 3.05) is 11.1 Å².